The summed E-state index contributed by atoms with van der Waals surface area (Å²) in [6, 6.07) is 14.1. The van der Waals surface area contributed by atoms with Gasteiger partial charge in [-0.25, -0.2) is 4.98 Å². The average Bonchev–Trinajstić information content (AvgIpc) is 3.11. The molecule has 0 aliphatic carbocycles. The Balaban J connectivity index is 2.02. The molecule has 0 N–H and O–H groups in total. The van der Waals surface area contributed by atoms with E-state index in [2.05, 4.69) is 70.2 Å². The van der Waals surface area contributed by atoms with Crippen LogP contribution in [0.4, 0.5) is 0 Å². The van der Waals surface area contributed by atoms with Crippen molar-refractivity contribution in [1.29, 1.82) is 0 Å². The summed E-state index contributed by atoms with van der Waals surface area (Å²) in [7, 11) is -1.50. The summed E-state index contributed by atoms with van der Waals surface area (Å²) in [5.74, 6) is 3.31. The molecule has 1 aromatic heterocycles. The number of hydrogen-bond acceptors (Lipinski definition) is 3. The van der Waals surface area contributed by atoms with Crippen molar-refractivity contribution < 1.29 is 4.79 Å². The van der Waals surface area contributed by atoms with E-state index in [0.717, 1.165) is 38.3 Å². The minimum atomic E-state index is -1.50. The van der Waals surface area contributed by atoms with Gasteiger partial charge in [0.05, 0.1) is 23.1 Å². The van der Waals surface area contributed by atoms with Gasteiger partial charge >= 0.3 is 0 Å². The van der Waals surface area contributed by atoms with E-state index < -0.39 is 8.07 Å². The Morgan fingerprint density at radius 3 is 2.55 bits per heavy atom. The van der Waals surface area contributed by atoms with Crippen molar-refractivity contribution in [3.63, 3.8) is 0 Å². The molecule has 0 saturated heterocycles. The third kappa shape index (κ3) is 4.21. The number of ketones is 1. The van der Waals surface area contributed by atoms with Gasteiger partial charge in [0.15, 0.2) is 5.78 Å². The predicted octanol–water partition coefficient (Wildman–Crippen LogP) is 5.98. The molecule has 4 nitrogen and oxygen atoms in total. The number of nitrogens with zero attached hydrogens (tertiary/aromatic N) is 3. The number of fused-ring (bicyclic) bond motifs is 3. The van der Waals surface area contributed by atoms with E-state index in [1.165, 1.54) is 0 Å². The first-order valence-electron chi connectivity index (χ1n) is 10.2. The van der Waals surface area contributed by atoms with Gasteiger partial charge in [-0.05, 0) is 31.2 Å². The molecule has 3 aromatic rings. The summed E-state index contributed by atoms with van der Waals surface area (Å²) < 4.78 is 2.97. The van der Waals surface area contributed by atoms with Gasteiger partial charge < -0.3 is 0 Å². The SMILES string of the molecule is CC(=O)c1ncn2c1[C@H](C)N=C(c1ccccc1Br)c1cc(C#C[Si](C)(C)C)ccc1-2. The summed E-state index contributed by atoms with van der Waals surface area (Å²) >= 11 is 3.69. The zero-order valence-corrected chi connectivity index (χ0v) is 20.9. The molecule has 2 heterocycles. The fourth-order valence-corrected chi connectivity index (χ4v) is 4.68. The molecular formula is C25H24BrN3OSi. The second kappa shape index (κ2) is 8.06. The van der Waals surface area contributed by atoms with Crippen LogP contribution in [-0.4, -0.2) is 29.1 Å². The fraction of sp³-hybridized carbons (Fsp3) is 0.240. The lowest BCUT2D eigenvalue weighted by Crippen LogP contribution is -2.16. The molecule has 0 bridgehead atoms. The first kappa shape index (κ1) is 21.5. The van der Waals surface area contributed by atoms with Crippen LogP contribution in [0.5, 0.6) is 0 Å². The third-order valence-corrected chi connectivity index (χ3v) is 6.64. The second-order valence-corrected chi connectivity index (χ2v) is 14.4. The highest BCUT2D eigenvalue weighted by atomic mass is 79.9. The van der Waals surface area contributed by atoms with E-state index in [1.54, 1.807) is 13.3 Å². The molecule has 4 rings (SSSR count). The number of aliphatic imine (C=N–C) groups is 1. The van der Waals surface area contributed by atoms with Gasteiger partial charge in [-0.15, -0.1) is 5.54 Å². The number of halogens is 1. The maximum absolute atomic E-state index is 12.2. The van der Waals surface area contributed by atoms with Crippen molar-refractivity contribution in [3.8, 4) is 17.2 Å². The van der Waals surface area contributed by atoms with Gasteiger partial charge in [-0.2, -0.15) is 0 Å². The lowest BCUT2D eigenvalue weighted by atomic mass is 9.98. The summed E-state index contributed by atoms with van der Waals surface area (Å²) in [5, 5.41) is 0. The molecular weight excluding hydrogens is 466 g/mol. The predicted molar refractivity (Wildman–Crippen MR) is 132 cm³/mol. The number of carbonyl (C=O) groups is 1. The topological polar surface area (TPSA) is 47.2 Å². The normalized spacial score (nSPS) is 15.2. The lowest BCUT2D eigenvalue weighted by molar-refractivity contribution is 0.101. The van der Waals surface area contributed by atoms with Gasteiger partial charge in [-0.1, -0.05) is 59.7 Å². The van der Waals surface area contributed by atoms with Crippen LogP contribution < -0.4 is 0 Å². The zero-order chi connectivity index (χ0) is 22.3. The smallest absolute Gasteiger partial charge is 0.180 e. The maximum Gasteiger partial charge on any atom is 0.180 e. The molecule has 0 fully saturated rings. The van der Waals surface area contributed by atoms with E-state index in [-0.39, 0.29) is 11.8 Å². The molecule has 0 amide bonds. The van der Waals surface area contributed by atoms with E-state index in [0.29, 0.717) is 5.69 Å². The Morgan fingerprint density at radius 1 is 1.13 bits per heavy atom. The van der Waals surface area contributed by atoms with E-state index in [1.807, 2.05) is 35.8 Å². The van der Waals surface area contributed by atoms with Crippen molar-refractivity contribution in [2.45, 2.75) is 39.5 Å². The zero-order valence-electron chi connectivity index (χ0n) is 18.3. The fourth-order valence-electron chi connectivity index (χ4n) is 3.69. The minimum Gasteiger partial charge on any atom is -0.300 e. The molecule has 2 aromatic carbocycles. The number of rotatable bonds is 2. The molecule has 0 saturated carbocycles. The van der Waals surface area contributed by atoms with Gasteiger partial charge in [-0.3, -0.25) is 14.4 Å². The van der Waals surface area contributed by atoms with Crippen LogP contribution in [0.15, 0.2) is 58.3 Å². The maximum atomic E-state index is 12.2. The average molecular weight is 490 g/mol. The van der Waals surface area contributed by atoms with Crippen LogP contribution in [0.1, 0.15) is 52.8 Å². The van der Waals surface area contributed by atoms with Crippen LogP contribution in [0.3, 0.4) is 0 Å². The van der Waals surface area contributed by atoms with E-state index >= 15 is 0 Å². The number of aromatic nitrogens is 2. The summed E-state index contributed by atoms with van der Waals surface area (Å²) in [4.78, 5) is 21.7. The first-order valence-corrected chi connectivity index (χ1v) is 14.5. The van der Waals surface area contributed by atoms with Crippen molar-refractivity contribution in [3.05, 3.63) is 81.3 Å². The molecule has 31 heavy (non-hydrogen) atoms. The van der Waals surface area contributed by atoms with Crippen molar-refractivity contribution in [2.24, 2.45) is 4.99 Å². The highest BCUT2D eigenvalue weighted by Crippen LogP contribution is 2.34. The quantitative estimate of drug-likeness (QED) is 0.252. The summed E-state index contributed by atoms with van der Waals surface area (Å²) in [6.45, 7) is 10.3. The Morgan fingerprint density at radius 2 is 1.87 bits per heavy atom. The van der Waals surface area contributed by atoms with Gasteiger partial charge in [0.2, 0.25) is 0 Å². The molecule has 0 radical (unpaired) electrons. The highest BCUT2D eigenvalue weighted by Gasteiger charge is 2.28. The number of hydrogen-bond donors (Lipinski definition) is 0. The van der Waals surface area contributed by atoms with Gasteiger partial charge in [0.1, 0.15) is 20.1 Å². The Hall–Kier alpha value is -2.75. The van der Waals surface area contributed by atoms with Gasteiger partial charge in [0, 0.05) is 28.1 Å². The van der Waals surface area contributed by atoms with Crippen molar-refractivity contribution in [2.75, 3.05) is 0 Å². The molecule has 0 spiro atoms. The van der Waals surface area contributed by atoms with Gasteiger partial charge in [0.25, 0.3) is 0 Å². The van der Waals surface area contributed by atoms with Crippen molar-refractivity contribution >= 4 is 35.5 Å². The lowest BCUT2D eigenvalue weighted by Gasteiger charge is -2.13. The van der Waals surface area contributed by atoms with Crippen LogP contribution >= 0.6 is 15.9 Å². The van der Waals surface area contributed by atoms with E-state index in [9.17, 15) is 4.79 Å². The number of imidazole rings is 1. The Bertz CT molecular complexity index is 1290. The number of carbonyl (C=O) groups excluding carboxylic acids is 1. The molecule has 6 heteroatoms. The first-order chi connectivity index (χ1) is 14.7. The van der Waals surface area contributed by atoms with Crippen LogP contribution in [0, 0.1) is 11.5 Å². The minimum absolute atomic E-state index is 0.0562. The third-order valence-electron chi connectivity index (χ3n) is 5.08. The number of Topliss-reactive ketones (excluding diaryl/α,β-unsaturated/α-hetero) is 1. The standard InChI is InChI=1S/C25H24BrN3OSi/c1-16-25-23(17(2)30)27-15-29(25)22-11-10-18(12-13-31(3,4)5)14-20(22)24(28-16)19-8-6-7-9-21(19)26/h6-11,14-16H,1-5H3/t16-/m0/s1. The van der Waals surface area contributed by atoms with Crippen LogP contribution in [0.25, 0.3) is 5.69 Å². The Labute approximate surface area is 192 Å². The van der Waals surface area contributed by atoms with Crippen molar-refractivity contribution in [1.82, 2.24) is 9.55 Å². The summed E-state index contributed by atoms with van der Waals surface area (Å²) in [5.41, 5.74) is 9.52. The molecule has 1 atom stereocenters. The molecule has 1 aliphatic heterocycles. The molecule has 156 valence electrons. The van der Waals surface area contributed by atoms with Crippen LogP contribution in [0.2, 0.25) is 19.6 Å². The summed E-state index contributed by atoms with van der Waals surface area (Å²) in [6.07, 6.45) is 1.73. The van der Waals surface area contributed by atoms with E-state index in [4.69, 9.17) is 4.99 Å². The number of benzene rings is 2. The second-order valence-electron chi connectivity index (χ2n) is 8.77. The highest BCUT2D eigenvalue weighted by molar-refractivity contribution is 9.10. The Kier molecular flexibility index (Phi) is 5.59. The molecule has 0 unspecified atom stereocenters. The van der Waals surface area contributed by atoms with Crippen LogP contribution in [-0.2, 0) is 0 Å². The monoisotopic (exact) mass is 489 g/mol. The largest absolute Gasteiger partial charge is 0.300 e. The molecule has 1 aliphatic rings.